The zero-order chi connectivity index (χ0) is 15.2. The quantitative estimate of drug-likeness (QED) is 0.865. The third-order valence-corrected chi connectivity index (χ3v) is 3.46. The van der Waals surface area contributed by atoms with Crippen LogP contribution in [0.25, 0.3) is 0 Å². The fourth-order valence-corrected chi connectivity index (χ4v) is 2.45. The molecule has 5 heteroatoms. The number of amides is 1. The number of hydrogen-bond donors (Lipinski definition) is 2. The van der Waals surface area contributed by atoms with Gasteiger partial charge < -0.3 is 10.6 Å². The van der Waals surface area contributed by atoms with E-state index in [0.29, 0.717) is 0 Å². The van der Waals surface area contributed by atoms with E-state index in [1.807, 2.05) is 37.3 Å². The van der Waals surface area contributed by atoms with Crippen LogP contribution < -0.4 is 10.6 Å². The third kappa shape index (κ3) is 4.86. The van der Waals surface area contributed by atoms with E-state index in [2.05, 4.69) is 31.5 Å². The van der Waals surface area contributed by atoms with Crippen LogP contribution in [0, 0.1) is 6.92 Å². The normalized spacial score (nSPS) is 10.2. The predicted molar refractivity (Wildman–Crippen MR) is 89.6 cm³/mol. The molecule has 1 aromatic heterocycles. The van der Waals surface area contributed by atoms with Crippen molar-refractivity contribution in [1.29, 1.82) is 0 Å². The van der Waals surface area contributed by atoms with Crippen LogP contribution in [0.15, 0.2) is 41.0 Å². The molecule has 0 aliphatic carbocycles. The van der Waals surface area contributed by atoms with Crippen LogP contribution in [-0.2, 0) is 11.2 Å². The summed E-state index contributed by atoms with van der Waals surface area (Å²) < 4.78 is 0.985. The minimum Gasteiger partial charge on any atom is -0.370 e. The van der Waals surface area contributed by atoms with Gasteiger partial charge in [-0.15, -0.1) is 0 Å². The van der Waals surface area contributed by atoms with Gasteiger partial charge in [-0.05, 0) is 58.6 Å². The van der Waals surface area contributed by atoms with E-state index < -0.39 is 0 Å². The molecule has 0 aliphatic rings. The first-order valence-corrected chi connectivity index (χ1v) is 7.56. The summed E-state index contributed by atoms with van der Waals surface area (Å²) in [6, 6.07) is 9.92. The van der Waals surface area contributed by atoms with Crippen LogP contribution in [0.2, 0.25) is 0 Å². The second-order valence-corrected chi connectivity index (χ2v) is 5.79. The van der Waals surface area contributed by atoms with E-state index in [-0.39, 0.29) is 5.91 Å². The van der Waals surface area contributed by atoms with Crippen molar-refractivity contribution in [2.75, 3.05) is 17.2 Å². The molecule has 21 heavy (non-hydrogen) atoms. The van der Waals surface area contributed by atoms with Crippen LogP contribution in [0.1, 0.15) is 18.1 Å². The lowest BCUT2D eigenvalue weighted by Gasteiger charge is -2.09. The average molecular weight is 348 g/mol. The molecule has 0 atom stereocenters. The van der Waals surface area contributed by atoms with Crippen LogP contribution in [0.4, 0.5) is 11.5 Å². The molecular formula is C16H18BrN3O. The molecule has 1 heterocycles. The zero-order valence-corrected chi connectivity index (χ0v) is 13.7. The number of nitrogens with zero attached hydrogens (tertiary/aromatic N) is 1. The summed E-state index contributed by atoms with van der Waals surface area (Å²) in [6.45, 7) is 4.35. The van der Waals surface area contributed by atoms with E-state index in [4.69, 9.17) is 0 Å². The molecule has 0 bridgehead atoms. The predicted octanol–water partition coefficient (Wildman–Crippen LogP) is 3.77. The first-order valence-electron chi connectivity index (χ1n) is 6.77. The Labute approximate surface area is 133 Å². The Kier molecular flexibility index (Phi) is 5.33. The van der Waals surface area contributed by atoms with Gasteiger partial charge in [-0.2, -0.15) is 0 Å². The highest BCUT2D eigenvalue weighted by atomic mass is 79.9. The number of anilines is 2. The topological polar surface area (TPSA) is 54.0 Å². The maximum atomic E-state index is 11.0. The number of carbonyl (C=O) groups excluding carboxylic acids is 1. The number of hydrogen-bond acceptors (Lipinski definition) is 3. The van der Waals surface area contributed by atoms with Crippen molar-refractivity contribution >= 4 is 33.3 Å². The van der Waals surface area contributed by atoms with Gasteiger partial charge in [0.1, 0.15) is 5.82 Å². The van der Waals surface area contributed by atoms with Crippen LogP contribution in [0.5, 0.6) is 0 Å². The molecule has 4 nitrogen and oxygen atoms in total. The smallest absolute Gasteiger partial charge is 0.221 e. The van der Waals surface area contributed by atoms with Crippen molar-refractivity contribution in [2.45, 2.75) is 20.3 Å². The average Bonchev–Trinajstić information content (AvgIpc) is 2.42. The molecule has 2 rings (SSSR count). The number of aromatic nitrogens is 1. The van der Waals surface area contributed by atoms with Gasteiger partial charge in [0, 0.05) is 29.8 Å². The summed E-state index contributed by atoms with van der Waals surface area (Å²) in [5.74, 6) is 0.856. The first kappa shape index (κ1) is 15.5. The molecule has 110 valence electrons. The highest BCUT2D eigenvalue weighted by Gasteiger charge is 2.01. The van der Waals surface area contributed by atoms with Gasteiger partial charge in [0.25, 0.3) is 0 Å². The lowest BCUT2D eigenvalue weighted by atomic mass is 10.1. The number of carbonyl (C=O) groups is 1. The molecule has 1 aromatic carbocycles. The molecule has 0 aliphatic heterocycles. The van der Waals surface area contributed by atoms with Gasteiger partial charge in [-0.3, -0.25) is 4.79 Å². The molecule has 0 radical (unpaired) electrons. The van der Waals surface area contributed by atoms with E-state index in [1.54, 1.807) is 6.20 Å². The van der Waals surface area contributed by atoms with Crippen molar-refractivity contribution in [3.8, 4) is 0 Å². The summed E-state index contributed by atoms with van der Waals surface area (Å²) in [5.41, 5.74) is 3.15. The maximum Gasteiger partial charge on any atom is 0.221 e. The minimum absolute atomic E-state index is 0.0544. The Morgan fingerprint density at radius 1 is 1.29 bits per heavy atom. The first-order chi connectivity index (χ1) is 10.0. The van der Waals surface area contributed by atoms with Gasteiger partial charge >= 0.3 is 0 Å². The number of nitrogens with one attached hydrogen (secondary N) is 2. The third-order valence-electron chi connectivity index (χ3n) is 3.03. The number of rotatable bonds is 5. The fourth-order valence-electron chi connectivity index (χ4n) is 2.01. The molecule has 2 aromatic rings. The van der Waals surface area contributed by atoms with E-state index in [1.165, 1.54) is 12.5 Å². The monoisotopic (exact) mass is 347 g/mol. The van der Waals surface area contributed by atoms with Crippen molar-refractivity contribution in [3.05, 3.63) is 52.1 Å². The molecule has 0 unspecified atom stereocenters. The van der Waals surface area contributed by atoms with Crippen molar-refractivity contribution in [1.82, 2.24) is 4.98 Å². The standard InChI is InChI=1S/C16H18BrN3O/c1-11-9-14(17)10-19-16(11)18-8-7-13-3-5-15(6-4-13)20-12(2)21/h3-6,9-10H,7-8H2,1-2H3,(H,18,19)(H,20,21). The molecule has 0 fully saturated rings. The Balaban J connectivity index is 1.87. The lowest BCUT2D eigenvalue weighted by Crippen LogP contribution is -2.08. The molecule has 0 saturated heterocycles. The van der Waals surface area contributed by atoms with Crippen LogP contribution >= 0.6 is 15.9 Å². The molecule has 0 saturated carbocycles. The number of halogens is 1. The largest absolute Gasteiger partial charge is 0.370 e. The Bertz CT molecular complexity index is 626. The Hall–Kier alpha value is -1.88. The summed E-state index contributed by atoms with van der Waals surface area (Å²) >= 11 is 3.40. The number of pyridine rings is 1. The van der Waals surface area contributed by atoms with E-state index in [0.717, 1.165) is 34.5 Å². The maximum absolute atomic E-state index is 11.0. The number of aryl methyl sites for hydroxylation is 1. The van der Waals surface area contributed by atoms with Gasteiger partial charge in [0.05, 0.1) is 0 Å². The Morgan fingerprint density at radius 2 is 2.00 bits per heavy atom. The Morgan fingerprint density at radius 3 is 2.62 bits per heavy atom. The fraction of sp³-hybridized carbons (Fsp3) is 0.250. The van der Waals surface area contributed by atoms with Crippen LogP contribution in [0.3, 0.4) is 0 Å². The highest BCUT2D eigenvalue weighted by Crippen LogP contribution is 2.17. The van der Waals surface area contributed by atoms with Crippen molar-refractivity contribution in [3.63, 3.8) is 0 Å². The summed E-state index contributed by atoms with van der Waals surface area (Å²) in [5, 5.41) is 6.09. The second-order valence-electron chi connectivity index (χ2n) is 4.87. The van der Waals surface area contributed by atoms with Crippen LogP contribution in [-0.4, -0.2) is 17.4 Å². The molecule has 2 N–H and O–H groups in total. The molecule has 1 amide bonds. The van der Waals surface area contributed by atoms with Gasteiger partial charge in [-0.1, -0.05) is 12.1 Å². The van der Waals surface area contributed by atoms with Gasteiger partial charge in [-0.25, -0.2) is 4.98 Å². The molecular weight excluding hydrogens is 330 g/mol. The zero-order valence-electron chi connectivity index (χ0n) is 12.1. The summed E-state index contributed by atoms with van der Waals surface area (Å²) in [7, 11) is 0. The summed E-state index contributed by atoms with van der Waals surface area (Å²) in [6.07, 6.45) is 2.69. The van der Waals surface area contributed by atoms with E-state index in [9.17, 15) is 4.79 Å². The van der Waals surface area contributed by atoms with E-state index >= 15 is 0 Å². The van der Waals surface area contributed by atoms with Crippen molar-refractivity contribution in [2.24, 2.45) is 0 Å². The van der Waals surface area contributed by atoms with Gasteiger partial charge in [0.15, 0.2) is 0 Å². The summed E-state index contributed by atoms with van der Waals surface area (Å²) in [4.78, 5) is 15.3. The van der Waals surface area contributed by atoms with Crippen molar-refractivity contribution < 1.29 is 4.79 Å². The number of benzene rings is 1. The minimum atomic E-state index is -0.0544. The van der Waals surface area contributed by atoms with Gasteiger partial charge in [0.2, 0.25) is 5.91 Å². The second kappa shape index (κ2) is 7.22. The highest BCUT2D eigenvalue weighted by molar-refractivity contribution is 9.10. The molecule has 0 spiro atoms. The SMILES string of the molecule is CC(=O)Nc1ccc(CCNc2ncc(Br)cc2C)cc1. The lowest BCUT2D eigenvalue weighted by molar-refractivity contribution is -0.114.